The van der Waals surface area contributed by atoms with Crippen LogP contribution in [0.4, 0.5) is 5.69 Å². The monoisotopic (exact) mass is 362 g/mol. The zero-order valence-electron chi connectivity index (χ0n) is 13.8. The molecule has 132 valence electrons. The predicted octanol–water partition coefficient (Wildman–Crippen LogP) is 2.88. The van der Waals surface area contributed by atoms with E-state index < -0.39 is 20.7 Å². The number of amides is 1. The Morgan fingerprint density at radius 2 is 1.84 bits per heavy atom. The maximum atomic E-state index is 12.4. The van der Waals surface area contributed by atoms with Crippen LogP contribution in [0.2, 0.25) is 0 Å². The third-order valence-corrected chi connectivity index (χ3v) is 4.87. The summed E-state index contributed by atoms with van der Waals surface area (Å²) in [5, 5.41) is 13.6. The predicted molar refractivity (Wildman–Crippen MR) is 93.1 cm³/mol. The summed E-state index contributed by atoms with van der Waals surface area (Å²) in [7, 11) is -3.28. The number of sulfone groups is 1. The number of nitro groups is 1. The Labute approximate surface area is 145 Å². The van der Waals surface area contributed by atoms with Crippen LogP contribution >= 0.6 is 0 Å². The van der Waals surface area contributed by atoms with E-state index in [2.05, 4.69) is 5.32 Å². The van der Waals surface area contributed by atoms with Crippen molar-refractivity contribution in [2.45, 2.75) is 24.3 Å². The standard InChI is InChI=1S/C17H18N2O5S/c1-3-16(12-7-9-15(10-8-12)25(2,23)24)18-17(20)13-5-4-6-14(11-13)19(21)22/h4-11,16H,3H2,1-2H3,(H,18,20)/t16-/m1/s1. The Morgan fingerprint density at radius 3 is 2.36 bits per heavy atom. The highest BCUT2D eigenvalue weighted by Crippen LogP contribution is 2.20. The third kappa shape index (κ3) is 4.63. The zero-order valence-corrected chi connectivity index (χ0v) is 14.6. The van der Waals surface area contributed by atoms with Crippen LogP contribution in [0.5, 0.6) is 0 Å². The number of carbonyl (C=O) groups is 1. The van der Waals surface area contributed by atoms with E-state index in [0.717, 1.165) is 11.8 Å². The third-order valence-electron chi connectivity index (χ3n) is 3.74. The van der Waals surface area contributed by atoms with Gasteiger partial charge in [-0.05, 0) is 30.2 Å². The van der Waals surface area contributed by atoms with E-state index in [9.17, 15) is 23.3 Å². The fourth-order valence-corrected chi connectivity index (χ4v) is 3.00. The molecular weight excluding hydrogens is 344 g/mol. The Kier molecular flexibility index (Phi) is 5.53. The molecule has 0 aliphatic heterocycles. The lowest BCUT2D eigenvalue weighted by Crippen LogP contribution is -2.28. The van der Waals surface area contributed by atoms with Gasteiger partial charge in [0.2, 0.25) is 0 Å². The number of rotatable bonds is 6. The molecule has 1 atom stereocenters. The van der Waals surface area contributed by atoms with Crippen molar-refractivity contribution in [1.29, 1.82) is 0 Å². The largest absolute Gasteiger partial charge is 0.345 e. The minimum Gasteiger partial charge on any atom is -0.345 e. The molecule has 0 unspecified atom stereocenters. The Morgan fingerprint density at radius 1 is 1.20 bits per heavy atom. The topological polar surface area (TPSA) is 106 Å². The summed E-state index contributed by atoms with van der Waals surface area (Å²) in [5.74, 6) is -0.428. The second-order valence-corrected chi connectivity index (χ2v) is 7.60. The first-order valence-electron chi connectivity index (χ1n) is 7.57. The van der Waals surface area contributed by atoms with Crippen molar-refractivity contribution in [3.05, 3.63) is 69.8 Å². The van der Waals surface area contributed by atoms with Gasteiger partial charge in [0.05, 0.1) is 15.9 Å². The van der Waals surface area contributed by atoms with E-state index in [1.165, 1.54) is 36.4 Å². The molecule has 7 nitrogen and oxygen atoms in total. The molecule has 8 heteroatoms. The van der Waals surface area contributed by atoms with Crippen molar-refractivity contribution in [3.8, 4) is 0 Å². The van der Waals surface area contributed by atoms with Gasteiger partial charge < -0.3 is 5.32 Å². The molecule has 0 aromatic heterocycles. The quantitative estimate of drug-likeness (QED) is 0.628. The van der Waals surface area contributed by atoms with Crippen LogP contribution in [0.25, 0.3) is 0 Å². The van der Waals surface area contributed by atoms with Gasteiger partial charge in [0.25, 0.3) is 11.6 Å². The van der Waals surface area contributed by atoms with Gasteiger partial charge in [-0.15, -0.1) is 0 Å². The van der Waals surface area contributed by atoms with Crippen molar-refractivity contribution in [2.24, 2.45) is 0 Å². The second kappa shape index (κ2) is 7.43. The van der Waals surface area contributed by atoms with Crippen LogP contribution < -0.4 is 5.32 Å². The molecule has 0 heterocycles. The molecule has 2 aromatic carbocycles. The van der Waals surface area contributed by atoms with Gasteiger partial charge in [0.15, 0.2) is 9.84 Å². The van der Waals surface area contributed by atoms with E-state index in [0.29, 0.717) is 6.42 Å². The van der Waals surface area contributed by atoms with Crippen molar-refractivity contribution >= 4 is 21.4 Å². The van der Waals surface area contributed by atoms with Crippen LogP contribution in [0.15, 0.2) is 53.4 Å². The van der Waals surface area contributed by atoms with E-state index in [1.807, 2.05) is 6.92 Å². The number of nitrogens with one attached hydrogen (secondary N) is 1. The van der Waals surface area contributed by atoms with E-state index >= 15 is 0 Å². The molecule has 0 spiro atoms. The number of benzene rings is 2. The van der Waals surface area contributed by atoms with Crippen LogP contribution in [-0.4, -0.2) is 25.5 Å². The van der Waals surface area contributed by atoms with Crippen LogP contribution in [0, 0.1) is 10.1 Å². The molecule has 1 N–H and O–H groups in total. The summed E-state index contributed by atoms with van der Waals surface area (Å²) >= 11 is 0. The number of non-ortho nitro benzene ring substituents is 1. The molecule has 2 aromatic rings. The van der Waals surface area contributed by atoms with Gasteiger partial charge in [-0.3, -0.25) is 14.9 Å². The lowest BCUT2D eigenvalue weighted by Gasteiger charge is -2.18. The van der Waals surface area contributed by atoms with Gasteiger partial charge in [-0.1, -0.05) is 25.1 Å². The van der Waals surface area contributed by atoms with E-state index in [-0.39, 0.29) is 22.2 Å². The van der Waals surface area contributed by atoms with Gasteiger partial charge in [-0.25, -0.2) is 8.42 Å². The fraction of sp³-hybridized carbons (Fsp3) is 0.235. The van der Waals surface area contributed by atoms with Crippen molar-refractivity contribution in [2.75, 3.05) is 6.26 Å². The lowest BCUT2D eigenvalue weighted by atomic mass is 10.0. The normalized spacial score (nSPS) is 12.4. The fourth-order valence-electron chi connectivity index (χ4n) is 2.37. The van der Waals surface area contributed by atoms with E-state index in [4.69, 9.17) is 0 Å². The minimum atomic E-state index is -3.28. The van der Waals surface area contributed by atoms with Crippen LogP contribution in [0.1, 0.15) is 35.3 Å². The highest BCUT2D eigenvalue weighted by Gasteiger charge is 2.17. The molecule has 0 radical (unpaired) electrons. The van der Waals surface area contributed by atoms with Crippen LogP contribution in [0.3, 0.4) is 0 Å². The number of hydrogen-bond acceptors (Lipinski definition) is 5. The maximum Gasteiger partial charge on any atom is 0.270 e. The summed E-state index contributed by atoms with van der Waals surface area (Å²) in [6.45, 7) is 1.88. The summed E-state index contributed by atoms with van der Waals surface area (Å²) in [6, 6.07) is 11.4. The molecule has 0 bridgehead atoms. The van der Waals surface area contributed by atoms with Gasteiger partial charge >= 0.3 is 0 Å². The first-order valence-corrected chi connectivity index (χ1v) is 9.47. The molecule has 0 aliphatic rings. The minimum absolute atomic E-state index is 0.154. The molecule has 0 saturated heterocycles. The van der Waals surface area contributed by atoms with Crippen molar-refractivity contribution in [1.82, 2.24) is 5.32 Å². The van der Waals surface area contributed by atoms with Gasteiger partial charge in [-0.2, -0.15) is 0 Å². The van der Waals surface area contributed by atoms with E-state index in [1.54, 1.807) is 12.1 Å². The van der Waals surface area contributed by atoms with Gasteiger partial charge in [0.1, 0.15) is 0 Å². The number of nitro benzene ring substituents is 1. The number of carbonyl (C=O) groups excluding carboxylic acids is 1. The average Bonchev–Trinajstić information content (AvgIpc) is 2.59. The highest BCUT2D eigenvalue weighted by molar-refractivity contribution is 7.90. The molecular formula is C17H18N2O5S. The molecule has 0 saturated carbocycles. The number of nitrogens with zero attached hydrogens (tertiary/aromatic N) is 1. The first-order chi connectivity index (χ1) is 11.7. The highest BCUT2D eigenvalue weighted by atomic mass is 32.2. The van der Waals surface area contributed by atoms with Crippen molar-refractivity contribution < 1.29 is 18.1 Å². The summed E-state index contributed by atoms with van der Waals surface area (Å²) in [6.07, 6.45) is 1.71. The van der Waals surface area contributed by atoms with Crippen LogP contribution in [-0.2, 0) is 9.84 Å². The number of hydrogen-bond donors (Lipinski definition) is 1. The summed E-state index contributed by atoms with van der Waals surface area (Å²) < 4.78 is 23.0. The Balaban J connectivity index is 2.20. The maximum absolute atomic E-state index is 12.4. The van der Waals surface area contributed by atoms with Gasteiger partial charge in [0, 0.05) is 24.0 Å². The SMILES string of the molecule is CC[C@@H](NC(=O)c1cccc([N+](=O)[O-])c1)c1ccc(S(C)(=O)=O)cc1. The second-order valence-electron chi connectivity index (χ2n) is 5.58. The summed E-state index contributed by atoms with van der Waals surface area (Å²) in [4.78, 5) is 22.8. The Bertz CT molecular complexity index is 892. The average molecular weight is 362 g/mol. The van der Waals surface area contributed by atoms with Crippen molar-refractivity contribution in [3.63, 3.8) is 0 Å². The lowest BCUT2D eigenvalue weighted by molar-refractivity contribution is -0.384. The molecule has 2 rings (SSSR count). The summed E-state index contributed by atoms with van der Waals surface area (Å²) in [5.41, 5.74) is 0.798. The smallest absolute Gasteiger partial charge is 0.270 e. The molecule has 25 heavy (non-hydrogen) atoms. The first kappa shape index (κ1) is 18.6. The molecule has 1 amide bonds. The molecule has 0 aliphatic carbocycles. The molecule has 0 fully saturated rings. The Hall–Kier alpha value is -2.74. The zero-order chi connectivity index (χ0) is 18.6.